The zero-order valence-electron chi connectivity index (χ0n) is 9.43. The molecule has 2 nitrogen and oxygen atoms in total. The molecule has 2 N–H and O–H groups in total. The summed E-state index contributed by atoms with van der Waals surface area (Å²) in [5, 5.41) is 1.90. The van der Waals surface area contributed by atoms with Gasteiger partial charge in [-0.05, 0) is 18.8 Å². The number of piperidine rings is 1. The van der Waals surface area contributed by atoms with E-state index in [9.17, 15) is 0 Å². The van der Waals surface area contributed by atoms with E-state index in [2.05, 4.69) is 6.92 Å². The Morgan fingerprint density at radius 3 is 1.58 bits per heavy atom. The van der Waals surface area contributed by atoms with Crippen LogP contribution in [0.5, 0.6) is 0 Å². The fraction of sp³-hybridized carbons (Fsp3) is 1.00. The summed E-state index contributed by atoms with van der Waals surface area (Å²) < 4.78 is 0. The molecule has 1 fully saturated rings. The minimum atomic E-state index is 0.898. The van der Waals surface area contributed by atoms with Gasteiger partial charge in [0.05, 0.1) is 0 Å². The first-order valence-corrected chi connectivity index (χ1v) is 5.28. The molecular weight excluding hydrogens is 148 g/mol. The zero-order chi connectivity index (χ0) is 9.98. The third-order valence-electron chi connectivity index (χ3n) is 1.82. The maximum atomic E-state index is 5.53. The van der Waals surface area contributed by atoms with Crippen molar-refractivity contribution in [2.75, 3.05) is 13.1 Å². The molecule has 0 aromatic rings. The van der Waals surface area contributed by atoms with Gasteiger partial charge in [-0.25, -0.2) is 5.01 Å². The van der Waals surface area contributed by atoms with Gasteiger partial charge in [-0.2, -0.15) is 0 Å². The number of rotatable bonds is 0. The van der Waals surface area contributed by atoms with Crippen molar-refractivity contribution in [3.63, 3.8) is 0 Å². The van der Waals surface area contributed by atoms with E-state index in [0.717, 1.165) is 19.0 Å². The Balaban J connectivity index is 0. The Morgan fingerprint density at radius 2 is 1.33 bits per heavy atom. The van der Waals surface area contributed by atoms with Gasteiger partial charge in [0.15, 0.2) is 0 Å². The quantitative estimate of drug-likeness (QED) is 0.572. The molecule has 12 heavy (non-hydrogen) atoms. The van der Waals surface area contributed by atoms with Crippen LogP contribution >= 0.6 is 0 Å². The lowest BCUT2D eigenvalue weighted by molar-refractivity contribution is 0.196. The van der Waals surface area contributed by atoms with Crippen LogP contribution in [0.4, 0.5) is 0 Å². The van der Waals surface area contributed by atoms with E-state index < -0.39 is 0 Å². The number of hydrogen-bond donors (Lipinski definition) is 1. The molecule has 1 aliphatic heterocycles. The summed E-state index contributed by atoms with van der Waals surface area (Å²) in [4.78, 5) is 0. The lowest BCUT2D eigenvalue weighted by atomic mass is 10.0. The summed E-state index contributed by atoms with van der Waals surface area (Å²) in [6.07, 6.45) is 2.55. The molecule has 0 spiro atoms. The van der Waals surface area contributed by atoms with E-state index in [1.165, 1.54) is 12.8 Å². The minimum absolute atomic E-state index is 0.898. The fourth-order valence-corrected chi connectivity index (χ4v) is 1.03. The maximum absolute atomic E-state index is 5.53. The highest BCUT2D eigenvalue weighted by Gasteiger charge is 2.11. The highest BCUT2D eigenvalue weighted by Crippen LogP contribution is 2.12. The van der Waals surface area contributed by atoms with Crippen molar-refractivity contribution in [3.8, 4) is 0 Å². The lowest BCUT2D eigenvalue weighted by Gasteiger charge is -2.25. The Hall–Kier alpha value is -0.0800. The Morgan fingerprint density at radius 1 is 1.00 bits per heavy atom. The molecular formula is C10H26N2. The molecule has 1 rings (SSSR count). The van der Waals surface area contributed by atoms with Crippen LogP contribution in [0, 0.1) is 5.92 Å². The van der Waals surface area contributed by atoms with Crippen LogP contribution in [0.1, 0.15) is 47.5 Å². The van der Waals surface area contributed by atoms with Crippen LogP contribution in [0.25, 0.3) is 0 Å². The Labute approximate surface area is 78.1 Å². The van der Waals surface area contributed by atoms with Gasteiger partial charge in [-0.3, -0.25) is 5.84 Å². The van der Waals surface area contributed by atoms with Gasteiger partial charge >= 0.3 is 0 Å². The zero-order valence-corrected chi connectivity index (χ0v) is 9.43. The summed E-state index contributed by atoms with van der Waals surface area (Å²) in [7, 11) is 0. The second-order valence-corrected chi connectivity index (χ2v) is 2.72. The SMILES string of the molecule is CC.CC.CC1CCN(N)CC1. The van der Waals surface area contributed by atoms with Crippen LogP contribution in [-0.4, -0.2) is 18.1 Å². The molecule has 0 amide bonds. The standard InChI is InChI=1S/C6H14N2.2C2H6/c1-6-2-4-8(7)5-3-6;2*1-2/h6H,2-5,7H2,1H3;2*1-2H3. The normalized spacial score (nSPS) is 18.5. The van der Waals surface area contributed by atoms with Crippen molar-refractivity contribution in [2.24, 2.45) is 11.8 Å². The predicted molar refractivity (Wildman–Crippen MR) is 56.9 cm³/mol. The monoisotopic (exact) mass is 174 g/mol. The van der Waals surface area contributed by atoms with Crippen LogP contribution in [-0.2, 0) is 0 Å². The fourth-order valence-electron chi connectivity index (χ4n) is 1.03. The van der Waals surface area contributed by atoms with Crippen molar-refractivity contribution in [1.29, 1.82) is 0 Å². The number of hydrogen-bond acceptors (Lipinski definition) is 2. The van der Waals surface area contributed by atoms with Gasteiger partial charge < -0.3 is 0 Å². The summed E-state index contributed by atoms with van der Waals surface area (Å²) in [5.41, 5.74) is 0. The van der Waals surface area contributed by atoms with Crippen molar-refractivity contribution in [3.05, 3.63) is 0 Å². The van der Waals surface area contributed by atoms with E-state index in [0.29, 0.717) is 0 Å². The van der Waals surface area contributed by atoms with Gasteiger partial charge in [-0.1, -0.05) is 34.6 Å². The van der Waals surface area contributed by atoms with Crippen LogP contribution in [0.3, 0.4) is 0 Å². The Kier molecular flexibility index (Phi) is 13.1. The molecule has 0 aromatic heterocycles. The van der Waals surface area contributed by atoms with Gasteiger partial charge in [0.25, 0.3) is 0 Å². The van der Waals surface area contributed by atoms with E-state index >= 15 is 0 Å². The number of nitrogens with zero attached hydrogens (tertiary/aromatic N) is 1. The molecule has 76 valence electrons. The van der Waals surface area contributed by atoms with Crippen LogP contribution < -0.4 is 5.84 Å². The van der Waals surface area contributed by atoms with E-state index in [4.69, 9.17) is 5.84 Å². The predicted octanol–water partition coefficient (Wildman–Crippen LogP) is 2.64. The summed E-state index contributed by atoms with van der Waals surface area (Å²) in [5.74, 6) is 6.43. The summed E-state index contributed by atoms with van der Waals surface area (Å²) >= 11 is 0. The van der Waals surface area contributed by atoms with E-state index in [-0.39, 0.29) is 0 Å². The largest absolute Gasteiger partial charge is 0.269 e. The lowest BCUT2D eigenvalue weighted by Crippen LogP contribution is -2.38. The first-order valence-electron chi connectivity index (χ1n) is 5.28. The molecule has 0 unspecified atom stereocenters. The summed E-state index contributed by atoms with van der Waals surface area (Å²) in [6, 6.07) is 0. The number of hydrazine groups is 1. The molecule has 0 atom stereocenters. The number of nitrogens with two attached hydrogens (primary N) is 1. The van der Waals surface area contributed by atoms with Gasteiger partial charge in [0.2, 0.25) is 0 Å². The highest BCUT2D eigenvalue weighted by atomic mass is 15.4. The topological polar surface area (TPSA) is 29.3 Å². The first kappa shape index (κ1) is 14.4. The summed E-state index contributed by atoms with van der Waals surface area (Å²) in [6.45, 7) is 12.5. The van der Waals surface area contributed by atoms with Gasteiger partial charge in [-0.15, -0.1) is 0 Å². The highest BCUT2D eigenvalue weighted by molar-refractivity contribution is 4.63. The van der Waals surface area contributed by atoms with E-state index in [1.807, 2.05) is 32.7 Å². The smallest absolute Gasteiger partial charge is 0.0131 e. The molecule has 1 heterocycles. The molecule has 2 heteroatoms. The molecule has 1 saturated heterocycles. The average molecular weight is 174 g/mol. The van der Waals surface area contributed by atoms with Gasteiger partial charge in [0, 0.05) is 13.1 Å². The molecule has 0 aromatic carbocycles. The first-order chi connectivity index (χ1) is 5.79. The molecule has 0 saturated carbocycles. The molecule has 1 aliphatic rings. The van der Waals surface area contributed by atoms with Crippen molar-refractivity contribution in [1.82, 2.24) is 5.01 Å². The third kappa shape index (κ3) is 8.02. The third-order valence-corrected chi connectivity index (χ3v) is 1.82. The van der Waals surface area contributed by atoms with Crippen molar-refractivity contribution < 1.29 is 0 Å². The molecule has 0 radical (unpaired) electrons. The van der Waals surface area contributed by atoms with Crippen LogP contribution in [0.15, 0.2) is 0 Å². The van der Waals surface area contributed by atoms with Crippen molar-refractivity contribution >= 4 is 0 Å². The minimum Gasteiger partial charge on any atom is -0.269 e. The second-order valence-electron chi connectivity index (χ2n) is 2.72. The van der Waals surface area contributed by atoms with Crippen molar-refractivity contribution in [2.45, 2.75) is 47.5 Å². The van der Waals surface area contributed by atoms with Gasteiger partial charge in [0.1, 0.15) is 0 Å². The average Bonchev–Trinajstić information content (AvgIpc) is 2.17. The molecule has 0 bridgehead atoms. The molecule has 0 aliphatic carbocycles. The van der Waals surface area contributed by atoms with E-state index in [1.54, 1.807) is 0 Å². The van der Waals surface area contributed by atoms with Crippen LogP contribution in [0.2, 0.25) is 0 Å². The maximum Gasteiger partial charge on any atom is 0.0131 e. The second kappa shape index (κ2) is 10.9. The Bertz CT molecular complexity index is 56.2.